The summed E-state index contributed by atoms with van der Waals surface area (Å²) in [6, 6.07) is 12.5. The SMILES string of the molecule is CC(=O)N1CCC2(CC1)CC(c1ccc3c(=O)n(-c4ccc(Cl)cc4)c(CCCCC(=O)O)nc3c1)=NO2. The van der Waals surface area contributed by atoms with Crippen LogP contribution >= 0.6 is 11.6 Å². The number of unbranched alkanes of at least 4 members (excludes halogenated alkanes) is 1. The number of carbonyl (C=O) groups is 2. The molecule has 0 radical (unpaired) electrons. The molecule has 1 fully saturated rings. The molecule has 9 nitrogen and oxygen atoms in total. The maximum atomic E-state index is 13.6. The lowest BCUT2D eigenvalue weighted by Gasteiger charge is -2.36. The van der Waals surface area contributed by atoms with Crippen LogP contribution in [0.5, 0.6) is 0 Å². The summed E-state index contributed by atoms with van der Waals surface area (Å²) >= 11 is 6.06. The first-order valence-corrected chi connectivity index (χ1v) is 13.2. The summed E-state index contributed by atoms with van der Waals surface area (Å²) in [4.78, 5) is 48.9. The largest absolute Gasteiger partial charge is 0.481 e. The van der Waals surface area contributed by atoms with Gasteiger partial charge in [0.15, 0.2) is 0 Å². The fraction of sp³-hybridized carbons (Fsp3) is 0.393. The molecule has 1 saturated heterocycles. The quantitative estimate of drug-likeness (QED) is 0.449. The van der Waals surface area contributed by atoms with E-state index in [9.17, 15) is 14.4 Å². The maximum Gasteiger partial charge on any atom is 0.303 e. The third-order valence-corrected chi connectivity index (χ3v) is 7.61. The van der Waals surface area contributed by atoms with Crippen molar-refractivity contribution in [1.29, 1.82) is 0 Å². The fourth-order valence-electron chi connectivity index (χ4n) is 5.17. The van der Waals surface area contributed by atoms with Crippen LogP contribution in [0.3, 0.4) is 0 Å². The number of carboxylic acid groups (broad SMARTS) is 1. The van der Waals surface area contributed by atoms with E-state index < -0.39 is 11.6 Å². The second-order valence-corrected chi connectivity index (χ2v) is 10.4. The third kappa shape index (κ3) is 5.29. The van der Waals surface area contributed by atoms with Crippen LogP contribution in [-0.2, 0) is 20.8 Å². The molecule has 3 heterocycles. The highest BCUT2D eigenvalue weighted by Crippen LogP contribution is 2.36. The molecule has 1 N–H and O–H groups in total. The summed E-state index contributed by atoms with van der Waals surface area (Å²) in [6.45, 7) is 2.87. The number of hydrogen-bond donors (Lipinski definition) is 1. The summed E-state index contributed by atoms with van der Waals surface area (Å²) in [5.41, 5.74) is 2.25. The van der Waals surface area contributed by atoms with Crippen LogP contribution in [0.2, 0.25) is 5.02 Å². The van der Waals surface area contributed by atoms with Crippen LogP contribution in [0.4, 0.5) is 0 Å². The van der Waals surface area contributed by atoms with E-state index in [0.717, 1.165) is 24.1 Å². The highest BCUT2D eigenvalue weighted by Gasteiger charge is 2.42. The van der Waals surface area contributed by atoms with E-state index in [0.29, 0.717) is 66.2 Å². The molecule has 1 spiro atoms. The lowest BCUT2D eigenvalue weighted by Crippen LogP contribution is -2.46. The molecule has 0 aliphatic carbocycles. The highest BCUT2D eigenvalue weighted by molar-refractivity contribution is 6.30. The zero-order chi connectivity index (χ0) is 26.9. The van der Waals surface area contributed by atoms with Crippen LogP contribution in [-0.4, -0.2) is 55.8 Å². The third-order valence-electron chi connectivity index (χ3n) is 7.36. The maximum absolute atomic E-state index is 13.6. The smallest absolute Gasteiger partial charge is 0.303 e. The van der Waals surface area contributed by atoms with Crippen molar-refractivity contribution in [2.24, 2.45) is 5.16 Å². The van der Waals surface area contributed by atoms with Gasteiger partial charge in [0.05, 0.1) is 22.3 Å². The van der Waals surface area contributed by atoms with Crippen LogP contribution < -0.4 is 5.56 Å². The lowest BCUT2D eigenvalue weighted by molar-refractivity contribution is -0.137. The second kappa shape index (κ2) is 10.6. The number of oxime groups is 1. The number of nitrogens with zero attached hydrogens (tertiary/aromatic N) is 4. The zero-order valence-corrected chi connectivity index (χ0v) is 21.9. The number of aliphatic carboxylic acids is 1. The number of piperidine rings is 1. The van der Waals surface area contributed by atoms with Gasteiger partial charge in [-0.05, 0) is 49.2 Å². The van der Waals surface area contributed by atoms with Crippen molar-refractivity contribution in [1.82, 2.24) is 14.5 Å². The Morgan fingerprint density at radius 3 is 2.53 bits per heavy atom. The molecule has 1 aromatic heterocycles. The van der Waals surface area contributed by atoms with Crippen LogP contribution in [0.15, 0.2) is 52.4 Å². The lowest BCUT2D eigenvalue weighted by atomic mass is 9.85. The molecule has 38 heavy (non-hydrogen) atoms. The Labute approximate surface area is 224 Å². The minimum atomic E-state index is -0.847. The van der Waals surface area contributed by atoms with Gasteiger partial charge in [0.1, 0.15) is 11.4 Å². The van der Waals surface area contributed by atoms with Crippen molar-refractivity contribution in [3.63, 3.8) is 0 Å². The van der Waals surface area contributed by atoms with E-state index in [2.05, 4.69) is 5.16 Å². The monoisotopic (exact) mass is 536 g/mol. The average molecular weight is 537 g/mol. The van der Waals surface area contributed by atoms with E-state index in [1.54, 1.807) is 41.8 Å². The average Bonchev–Trinajstić information content (AvgIpc) is 3.30. The molecule has 0 saturated carbocycles. The topological polar surface area (TPSA) is 114 Å². The van der Waals surface area contributed by atoms with Gasteiger partial charge in [0, 0.05) is 62.7 Å². The Hall–Kier alpha value is -3.72. The summed E-state index contributed by atoms with van der Waals surface area (Å²) < 4.78 is 1.58. The Balaban J connectivity index is 1.45. The molecule has 2 aliphatic heterocycles. The number of carboxylic acids is 1. The van der Waals surface area contributed by atoms with E-state index in [1.165, 1.54) is 0 Å². The molecule has 0 atom stereocenters. The fourth-order valence-corrected chi connectivity index (χ4v) is 5.29. The first-order chi connectivity index (χ1) is 18.2. The van der Waals surface area contributed by atoms with Crippen molar-refractivity contribution >= 4 is 40.1 Å². The molecule has 2 aliphatic rings. The van der Waals surface area contributed by atoms with Gasteiger partial charge in [-0.1, -0.05) is 22.8 Å². The minimum Gasteiger partial charge on any atom is -0.481 e. The van der Waals surface area contributed by atoms with Crippen LogP contribution in [0.1, 0.15) is 56.8 Å². The molecule has 0 bridgehead atoms. The molecular weight excluding hydrogens is 508 g/mol. The number of aromatic nitrogens is 2. The standard InChI is InChI=1S/C28H29ClN4O5/c1-18(34)32-14-12-28(13-15-32)17-24(31-38-28)19-6-11-22-23(16-19)30-25(4-2-3-5-26(35)36)33(27(22)37)21-9-7-20(29)8-10-21/h6-11,16H,2-5,12-15,17H2,1H3,(H,35,36). The summed E-state index contributed by atoms with van der Waals surface area (Å²) in [5, 5.41) is 14.4. The molecule has 10 heteroatoms. The van der Waals surface area contributed by atoms with Crippen LogP contribution in [0.25, 0.3) is 16.6 Å². The van der Waals surface area contributed by atoms with Crippen molar-refractivity contribution in [2.45, 2.75) is 57.5 Å². The van der Waals surface area contributed by atoms with Gasteiger partial charge in [-0.25, -0.2) is 4.98 Å². The first-order valence-electron chi connectivity index (χ1n) is 12.8. The number of likely N-dealkylation sites (tertiary alicyclic amines) is 1. The van der Waals surface area contributed by atoms with Crippen molar-refractivity contribution in [3.8, 4) is 5.69 Å². The van der Waals surface area contributed by atoms with Crippen molar-refractivity contribution in [3.05, 3.63) is 69.2 Å². The number of benzene rings is 2. The van der Waals surface area contributed by atoms with E-state index >= 15 is 0 Å². The van der Waals surface area contributed by atoms with Crippen molar-refractivity contribution in [2.75, 3.05) is 13.1 Å². The number of hydrogen-bond acceptors (Lipinski definition) is 6. The van der Waals surface area contributed by atoms with Gasteiger partial charge in [-0.2, -0.15) is 0 Å². The predicted octanol–water partition coefficient (Wildman–Crippen LogP) is 4.34. The molecule has 3 aromatic rings. The van der Waals surface area contributed by atoms with Gasteiger partial charge in [-0.15, -0.1) is 0 Å². The zero-order valence-electron chi connectivity index (χ0n) is 21.2. The van der Waals surface area contributed by atoms with Gasteiger partial charge in [0.2, 0.25) is 5.91 Å². The predicted molar refractivity (Wildman–Crippen MR) is 144 cm³/mol. The van der Waals surface area contributed by atoms with Gasteiger partial charge in [0.25, 0.3) is 5.56 Å². The summed E-state index contributed by atoms with van der Waals surface area (Å²) in [5.74, 6) is -0.215. The molecule has 0 unspecified atom stereocenters. The number of fused-ring (bicyclic) bond motifs is 1. The number of amides is 1. The molecule has 2 aromatic carbocycles. The Morgan fingerprint density at radius 2 is 1.84 bits per heavy atom. The van der Waals surface area contributed by atoms with Crippen LogP contribution in [0, 0.1) is 0 Å². The Kier molecular flexibility index (Phi) is 7.21. The minimum absolute atomic E-state index is 0.0641. The van der Waals surface area contributed by atoms with Gasteiger partial charge in [-0.3, -0.25) is 19.0 Å². The number of halogens is 1. The molecule has 5 rings (SSSR count). The number of rotatable bonds is 7. The normalized spacial score (nSPS) is 16.5. The van der Waals surface area contributed by atoms with E-state index in [1.807, 2.05) is 17.0 Å². The second-order valence-electron chi connectivity index (χ2n) is 9.97. The van der Waals surface area contributed by atoms with Gasteiger partial charge >= 0.3 is 5.97 Å². The molecular formula is C28H29ClN4O5. The Bertz CT molecular complexity index is 1470. The summed E-state index contributed by atoms with van der Waals surface area (Å²) in [6.07, 6.45) is 3.66. The Morgan fingerprint density at radius 1 is 1.11 bits per heavy atom. The number of carbonyl (C=O) groups excluding carboxylic acids is 1. The van der Waals surface area contributed by atoms with Gasteiger partial charge < -0.3 is 14.8 Å². The highest BCUT2D eigenvalue weighted by atomic mass is 35.5. The van der Waals surface area contributed by atoms with E-state index in [-0.39, 0.29) is 17.9 Å². The first kappa shape index (κ1) is 25.9. The van der Waals surface area contributed by atoms with E-state index in [4.69, 9.17) is 26.5 Å². The molecule has 1 amide bonds. The van der Waals surface area contributed by atoms with Crippen molar-refractivity contribution < 1.29 is 19.5 Å². The number of aryl methyl sites for hydroxylation is 1. The summed E-state index contributed by atoms with van der Waals surface area (Å²) in [7, 11) is 0. The molecule has 198 valence electrons.